The van der Waals surface area contributed by atoms with Crippen LogP contribution in [0.15, 0.2) is 60.8 Å². The SMILES string of the molecule is CC(=O)N1[C@H]2CN(Cc3cccc4cccnc34)C(=O)[C@H](Cc3ccc(OP(=O)([O-])[O-])cc3)N2C(=O)CN1C.[Na+].[Na+]. The summed E-state index contributed by atoms with van der Waals surface area (Å²) in [5, 5.41) is 3.98. The van der Waals surface area contributed by atoms with Gasteiger partial charge in [0, 0.05) is 38.5 Å². The van der Waals surface area contributed by atoms with Crippen molar-refractivity contribution < 1.29 is 92.4 Å². The number of fused-ring (bicyclic) bond motifs is 2. The summed E-state index contributed by atoms with van der Waals surface area (Å²) in [5.41, 5.74) is 2.21. The number of para-hydroxylation sites is 1. The van der Waals surface area contributed by atoms with Crippen molar-refractivity contribution in [2.24, 2.45) is 0 Å². The number of piperazine rings is 1. The third-order valence-corrected chi connectivity index (χ3v) is 7.34. The number of phosphoric acid groups is 1. The molecule has 0 radical (unpaired) electrons. The van der Waals surface area contributed by atoms with Gasteiger partial charge in [0.2, 0.25) is 17.7 Å². The molecule has 15 heteroatoms. The Morgan fingerprint density at radius 1 is 1.07 bits per heavy atom. The second-order valence-electron chi connectivity index (χ2n) is 9.57. The van der Waals surface area contributed by atoms with Gasteiger partial charge in [-0.1, -0.05) is 36.4 Å². The number of benzene rings is 2. The number of pyridine rings is 1. The number of amides is 3. The molecule has 3 amide bonds. The number of carbonyl (C=O) groups excluding carboxylic acids is 3. The number of phosphoric ester groups is 1. The third-order valence-electron chi connectivity index (χ3n) is 6.91. The number of rotatable bonds is 6. The zero-order valence-corrected chi connectivity index (χ0v) is 28.2. The smallest absolute Gasteiger partial charge is 0.780 e. The van der Waals surface area contributed by atoms with Crippen LogP contribution in [0.3, 0.4) is 0 Å². The molecular formula is C26H26N5Na2O7P. The van der Waals surface area contributed by atoms with E-state index in [2.05, 4.69) is 9.51 Å². The van der Waals surface area contributed by atoms with E-state index in [4.69, 9.17) is 0 Å². The minimum atomic E-state index is -5.22. The van der Waals surface area contributed by atoms with E-state index in [0.29, 0.717) is 5.56 Å². The van der Waals surface area contributed by atoms with Crippen LogP contribution in [0, 0.1) is 0 Å². The quantitative estimate of drug-likeness (QED) is 0.200. The first-order valence-corrected chi connectivity index (χ1v) is 13.7. The molecule has 0 N–H and O–H groups in total. The molecule has 12 nitrogen and oxygen atoms in total. The number of hydrogen-bond acceptors (Lipinski definition) is 9. The number of aromatic nitrogens is 1. The normalized spacial score (nSPS) is 19.4. The van der Waals surface area contributed by atoms with Crippen LogP contribution in [0.1, 0.15) is 18.1 Å². The molecule has 1 aromatic heterocycles. The topological polar surface area (TPSA) is 149 Å². The first-order valence-electron chi connectivity index (χ1n) is 12.3. The number of hydrazine groups is 1. The van der Waals surface area contributed by atoms with Crippen molar-refractivity contribution in [1.29, 1.82) is 0 Å². The summed E-state index contributed by atoms with van der Waals surface area (Å²) in [6.45, 7) is 1.69. The Bertz CT molecular complexity index is 1480. The molecule has 0 unspecified atom stereocenters. The summed E-state index contributed by atoms with van der Waals surface area (Å²) >= 11 is 0. The van der Waals surface area contributed by atoms with Crippen LogP contribution in [-0.4, -0.2) is 74.9 Å². The van der Waals surface area contributed by atoms with Gasteiger partial charge in [-0.3, -0.25) is 24.4 Å². The maximum atomic E-state index is 13.9. The molecule has 0 bridgehead atoms. The van der Waals surface area contributed by atoms with Crippen LogP contribution in [0.2, 0.25) is 0 Å². The van der Waals surface area contributed by atoms with Gasteiger partial charge in [-0.25, -0.2) is 5.01 Å². The Hall–Kier alpha value is -1.83. The van der Waals surface area contributed by atoms with Crippen LogP contribution in [0.5, 0.6) is 5.75 Å². The molecule has 2 aromatic carbocycles. The van der Waals surface area contributed by atoms with Crippen LogP contribution >= 0.6 is 7.82 Å². The molecule has 3 aromatic rings. The molecule has 204 valence electrons. The zero-order valence-electron chi connectivity index (χ0n) is 23.3. The molecule has 3 heterocycles. The molecule has 0 spiro atoms. The summed E-state index contributed by atoms with van der Waals surface area (Å²) in [7, 11) is -3.56. The first-order chi connectivity index (χ1) is 18.5. The van der Waals surface area contributed by atoms with Crippen molar-refractivity contribution in [2.75, 3.05) is 20.1 Å². The summed E-state index contributed by atoms with van der Waals surface area (Å²) in [5.74, 6) is -0.988. The molecule has 0 aliphatic carbocycles. The Morgan fingerprint density at radius 3 is 2.41 bits per heavy atom. The monoisotopic (exact) mass is 597 g/mol. The summed E-state index contributed by atoms with van der Waals surface area (Å²) in [6, 6.07) is 14.3. The Labute approximate surface area is 281 Å². The van der Waals surface area contributed by atoms with Gasteiger partial charge in [-0.05, 0) is 29.3 Å². The van der Waals surface area contributed by atoms with Crippen LogP contribution in [0.4, 0.5) is 0 Å². The third kappa shape index (κ3) is 7.40. The van der Waals surface area contributed by atoms with Gasteiger partial charge in [-0.15, -0.1) is 0 Å². The molecule has 41 heavy (non-hydrogen) atoms. The molecule has 0 saturated carbocycles. The van der Waals surface area contributed by atoms with Crippen LogP contribution in [0.25, 0.3) is 10.9 Å². The maximum Gasteiger partial charge on any atom is 1.00 e. The van der Waals surface area contributed by atoms with Gasteiger partial charge in [0.15, 0.2) is 0 Å². The van der Waals surface area contributed by atoms with E-state index < -0.39 is 20.0 Å². The van der Waals surface area contributed by atoms with Crippen molar-refractivity contribution in [3.63, 3.8) is 0 Å². The minimum absolute atomic E-state index is 0. The van der Waals surface area contributed by atoms with E-state index in [1.165, 1.54) is 41.1 Å². The summed E-state index contributed by atoms with van der Waals surface area (Å²) in [4.78, 5) is 69.3. The maximum absolute atomic E-state index is 13.9. The van der Waals surface area contributed by atoms with Crippen molar-refractivity contribution in [1.82, 2.24) is 24.8 Å². The molecular weight excluding hydrogens is 571 g/mol. The van der Waals surface area contributed by atoms with Gasteiger partial charge >= 0.3 is 59.1 Å². The molecule has 2 aliphatic heterocycles. The van der Waals surface area contributed by atoms with Gasteiger partial charge in [-0.2, -0.15) is 0 Å². The number of hydrogen-bond donors (Lipinski definition) is 0. The predicted octanol–water partition coefficient (Wildman–Crippen LogP) is -5.73. The average Bonchev–Trinajstić information content (AvgIpc) is 2.86. The average molecular weight is 597 g/mol. The molecule has 2 saturated heterocycles. The zero-order chi connectivity index (χ0) is 27.9. The second kappa shape index (κ2) is 13.6. The van der Waals surface area contributed by atoms with E-state index in [1.807, 2.05) is 30.3 Å². The van der Waals surface area contributed by atoms with Gasteiger partial charge in [0.05, 0.1) is 18.6 Å². The summed E-state index contributed by atoms with van der Waals surface area (Å²) in [6.07, 6.45) is 1.08. The van der Waals surface area contributed by atoms with Gasteiger partial charge in [0.25, 0.3) is 0 Å². The van der Waals surface area contributed by atoms with E-state index in [1.54, 1.807) is 23.2 Å². The number of carbonyl (C=O) groups is 3. The van der Waals surface area contributed by atoms with Crippen molar-refractivity contribution in [3.05, 3.63) is 71.9 Å². The van der Waals surface area contributed by atoms with Crippen molar-refractivity contribution in [3.8, 4) is 5.75 Å². The number of likely N-dealkylation sites (N-methyl/N-ethyl adjacent to an activating group) is 1. The number of nitrogens with zero attached hydrogens (tertiary/aromatic N) is 5. The largest absolute Gasteiger partial charge is 1.00 e. The Morgan fingerprint density at radius 2 is 1.76 bits per heavy atom. The fourth-order valence-corrected chi connectivity index (χ4v) is 5.73. The second-order valence-corrected chi connectivity index (χ2v) is 10.7. The van der Waals surface area contributed by atoms with Crippen LogP contribution in [-0.2, 0) is 31.9 Å². The van der Waals surface area contributed by atoms with Gasteiger partial charge in [0.1, 0.15) is 25.8 Å². The van der Waals surface area contributed by atoms with E-state index in [-0.39, 0.29) is 109 Å². The fourth-order valence-electron chi connectivity index (χ4n) is 5.35. The van der Waals surface area contributed by atoms with E-state index in [9.17, 15) is 28.7 Å². The minimum Gasteiger partial charge on any atom is -0.780 e. The molecule has 5 rings (SSSR count). The van der Waals surface area contributed by atoms with Gasteiger partial charge < -0.3 is 28.7 Å². The molecule has 2 aliphatic rings. The standard InChI is InChI=1S/C26H28N5O7P.2Na/c1-17(32)31-23-15-29(14-20-6-3-5-19-7-4-12-27-25(19)20)26(34)22(30(23)24(33)16-28(31)2)13-18-8-10-21(11-9-18)38-39(35,36)37;;/h3-12,22-23H,13-16H2,1-2H3,(H2,35,36,37);;/q;2*+1/p-2/t22-,23-;;/m0../s1. The van der Waals surface area contributed by atoms with Crippen molar-refractivity contribution in [2.45, 2.75) is 32.1 Å². The van der Waals surface area contributed by atoms with Crippen LogP contribution < -0.4 is 73.4 Å². The van der Waals surface area contributed by atoms with E-state index in [0.717, 1.165) is 16.5 Å². The Kier molecular flexibility index (Phi) is 11.2. The van der Waals surface area contributed by atoms with Crippen molar-refractivity contribution >= 4 is 36.4 Å². The van der Waals surface area contributed by atoms with E-state index >= 15 is 0 Å². The summed E-state index contributed by atoms with van der Waals surface area (Å²) < 4.78 is 15.3. The molecule has 2 atom stereocenters. The fraction of sp³-hybridized carbons (Fsp3) is 0.308. The first kappa shape index (κ1) is 33.7. The predicted molar refractivity (Wildman–Crippen MR) is 135 cm³/mol. The Balaban J connectivity index is 0.00000231. The molecule has 2 fully saturated rings.